The maximum absolute atomic E-state index is 14.9. The molecule has 2 heterocycles. The maximum Gasteiger partial charge on any atom is 0.316 e. The minimum absolute atomic E-state index is 0.0395. The van der Waals surface area contributed by atoms with Gasteiger partial charge in [-0.25, -0.2) is 8.91 Å². The Morgan fingerprint density at radius 3 is 2.53 bits per heavy atom. The average molecular weight is 536 g/mol. The van der Waals surface area contributed by atoms with Crippen LogP contribution < -0.4 is 20.1 Å². The molecule has 196 valence electrons. The van der Waals surface area contributed by atoms with Crippen molar-refractivity contribution in [1.29, 1.82) is 0 Å². The molecule has 4 rings (SSSR count). The lowest BCUT2D eigenvalue weighted by atomic mass is 9.97. The van der Waals surface area contributed by atoms with Crippen LogP contribution in [0.5, 0.6) is 17.4 Å². The van der Waals surface area contributed by atoms with E-state index in [0.29, 0.717) is 22.5 Å². The second kappa shape index (κ2) is 10.9. The molecule has 0 aliphatic heterocycles. The molecule has 9 nitrogen and oxygen atoms in total. The highest BCUT2D eigenvalue weighted by Crippen LogP contribution is 2.34. The number of aromatic nitrogens is 3. The largest absolute Gasteiger partial charge is 0.434 e. The van der Waals surface area contributed by atoms with Gasteiger partial charge >= 0.3 is 5.97 Å². The fourth-order valence-electron chi connectivity index (χ4n) is 3.42. The number of halogens is 1. The molecule has 0 spiro atoms. The molecule has 2 aromatic heterocycles. The molecule has 2 aromatic carbocycles. The van der Waals surface area contributed by atoms with Gasteiger partial charge in [-0.1, -0.05) is 30.3 Å². The molecular weight excluding hydrogens is 509 g/mol. The lowest BCUT2D eigenvalue weighted by Gasteiger charge is -2.15. The number of benzene rings is 2. The van der Waals surface area contributed by atoms with E-state index in [0.717, 1.165) is 5.56 Å². The Hall–Kier alpha value is -4.38. The zero-order valence-electron chi connectivity index (χ0n) is 21.2. The van der Waals surface area contributed by atoms with Gasteiger partial charge in [0.2, 0.25) is 11.8 Å². The molecule has 0 radical (unpaired) electrons. The monoisotopic (exact) mass is 535 g/mol. The first kappa shape index (κ1) is 26.7. The Kier molecular flexibility index (Phi) is 7.67. The number of nitrogens with zero attached hydrogens (tertiary/aromatic N) is 3. The van der Waals surface area contributed by atoms with Crippen molar-refractivity contribution in [3.8, 4) is 17.4 Å². The second-order valence-corrected chi connectivity index (χ2v) is 9.94. The molecule has 0 fully saturated rings. The van der Waals surface area contributed by atoms with Gasteiger partial charge in [0.15, 0.2) is 22.4 Å². The summed E-state index contributed by atoms with van der Waals surface area (Å²) in [4.78, 5) is 28.7. The van der Waals surface area contributed by atoms with Gasteiger partial charge in [0.25, 0.3) is 0 Å². The predicted octanol–water partition coefficient (Wildman–Crippen LogP) is 4.98. The standard InChI is InChI=1S/C27H26FN5O4S/c1-16-21(37-25(35)27(2,3)4)14-33-23(16)24(29-15-30-33)36-20-11-10-18(13-19(20)28)31-26(38)32-22(34)12-17-8-6-5-7-9-17/h5-11,13-15H,12H2,1-4H3,(H2,31,32,34,38). The van der Waals surface area contributed by atoms with Gasteiger partial charge in [0, 0.05) is 17.3 Å². The zero-order valence-corrected chi connectivity index (χ0v) is 22.1. The number of fused-ring (bicyclic) bond motifs is 1. The van der Waals surface area contributed by atoms with E-state index >= 15 is 0 Å². The number of hydrogen-bond donors (Lipinski definition) is 2. The lowest BCUT2D eigenvalue weighted by molar-refractivity contribution is -0.143. The molecule has 2 N–H and O–H groups in total. The second-order valence-electron chi connectivity index (χ2n) is 9.53. The first-order chi connectivity index (χ1) is 18.0. The highest BCUT2D eigenvalue weighted by Gasteiger charge is 2.26. The van der Waals surface area contributed by atoms with Crippen molar-refractivity contribution in [3.63, 3.8) is 0 Å². The van der Waals surface area contributed by atoms with E-state index in [1.54, 1.807) is 40.0 Å². The van der Waals surface area contributed by atoms with E-state index in [4.69, 9.17) is 21.7 Å². The van der Waals surface area contributed by atoms with Gasteiger partial charge in [-0.05, 0) is 57.6 Å². The third kappa shape index (κ3) is 6.30. The van der Waals surface area contributed by atoms with Crippen molar-refractivity contribution in [2.24, 2.45) is 5.41 Å². The fourth-order valence-corrected chi connectivity index (χ4v) is 3.65. The number of carbonyl (C=O) groups excluding carboxylic acids is 2. The molecule has 0 saturated heterocycles. The molecule has 1 amide bonds. The van der Waals surface area contributed by atoms with Crippen molar-refractivity contribution in [1.82, 2.24) is 19.9 Å². The fraction of sp³-hybridized carbons (Fsp3) is 0.222. The third-order valence-corrected chi connectivity index (χ3v) is 5.62. The van der Waals surface area contributed by atoms with Crippen LogP contribution in [-0.2, 0) is 16.0 Å². The molecule has 0 bridgehead atoms. The van der Waals surface area contributed by atoms with Gasteiger partial charge in [0.1, 0.15) is 11.8 Å². The number of ether oxygens (including phenoxy) is 2. The number of rotatable bonds is 6. The van der Waals surface area contributed by atoms with Gasteiger partial charge in [-0.2, -0.15) is 10.1 Å². The number of esters is 1. The first-order valence-electron chi connectivity index (χ1n) is 11.7. The summed E-state index contributed by atoms with van der Waals surface area (Å²) >= 11 is 5.18. The summed E-state index contributed by atoms with van der Waals surface area (Å²) in [5.74, 6) is -1.10. The highest BCUT2D eigenvalue weighted by atomic mass is 32.1. The van der Waals surface area contributed by atoms with Crippen LogP contribution in [0.4, 0.5) is 10.1 Å². The van der Waals surface area contributed by atoms with E-state index in [2.05, 4.69) is 20.7 Å². The Morgan fingerprint density at radius 1 is 1.11 bits per heavy atom. The number of amides is 1. The van der Waals surface area contributed by atoms with Crippen LogP contribution in [0.1, 0.15) is 31.9 Å². The van der Waals surface area contributed by atoms with Crippen molar-refractivity contribution in [3.05, 3.63) is 78.0 Å². The minimum atomic E-state index is -0.697. The van der Waals surface area contributed by atoms with Crippen LogP contribution in [0.2, 0.25) is 0 Å². The third-order valence-electron chi connectivity index (χ3n) is 5.42. The SMILES string of the molecule is Cc1c(OC(=O)C(C)(C)C)cn2ncnc(Oc3ccc(NC(=S)NC(=O)Cc4ccccc4)cc3F)c12. The Morgan fingerprint density at radius 2 is 1.84 bits per heavy atom. The predicted molar refractivity (Wildman–Crippen MR) is 144 cm³/mol. The number of nitrogens with one attached hydrogen (secondary N) is 2. The Labute approximate surface area is 224 Å². The maximum atomic E-state index is 14.9. The molecule has 0 unspecified atom stereocenters. The molecule has 0 saturated carbocycles. The summed E-state index contributed by atoms with van der Waals surface area (Å²) in [5, 5.41) is 9.54. The number of carbonyl (C=O) groups is 2. The lowest BCUT2D eigenvalue weighted by Crippen LogP contribution is -2.35. The van der Waals surface area contributed by atoms with E-state index in [-0.39, 0.29) is 29.1 Å². The van der Waals surface area contributed by atoms with Crippen LogP contribution in [0, 0.1) is 18.2 Å². The zero-order chi connectivity index (χ0) is 27.4. The van der Waals surface area contributed by atoms with Crippen molar-refractivity contribution in [2.75, 3.05) is 5.32 Å². The average Bonchev–Trinajstić information content (AvgIpc) is 3.16. The van der Waals surface area contributed by atoms with Crippen molar-refractivity contribution < 1.29 is 23.5 Å². The van der Waals surface area contributed by atoms with E-state index in [1.807, 2.05) is 30.3 Å². The quantitative estimate of drug-likeness (QED) is 0.263. The molecular formula is C27H26FN5O4S. The normalized spacial score (nSPS) is 11.2. The smallest absolute Gasteiger partial charge is 0.316 e. The topological polar surface area (TPSA) is 107 Å². The molecule has 0 aliphatic carbocycles. The summed E-state index contributed by atoms with van der Waals surface area (Å²) in [6, 6.07) is 13.4. The summed E-state index contributed by atoms with van der Waals surface area (Å²) in [5.41, 5.74) is 1.46. The number of aryl methyl sites for hydroxylation is 1. The van der Waals surface area contributed by atoms with Crippen LogP contribution >= 0.6 is 12.2 Å². The summed E-state index contributed by atoms with van der Waals surface area (Å²) in [6.07, 6.45) is 2.95. The van der Waals surface area contributed by atoms with Gasteiger partial charge < -0.3 is 20.1 Å². The summed E-state index contributed by atoms with van der Waals surface area (Å²) in [6.45, 7) is 6.98. The molecule has 38 heavy (non-hydrogen) atoms. The molecule has 11 heteroatoms. The minimum Gasteiger partial charge on any atom is -0.434 e. The number of anilines is 1. The number of thiocarbonyl (C=S) groups is 1. The van der Waals surface area contributed by atoms with Crippen molar-refractivity contribution >= 4 is 40.4 Å². The van der Waals surface area contributed by atoms with Crippen molar-refractivity contribution in [2.45, 2.75) is 34.1 Å². The number of hydrogen-bond acceptors (Lipinski definition) is 7. The van der Waals surface area contributed by atoms with Gasteiger partial charge in [-0.15, -0.1) is 0 Å². The van der Waals surface area contributed by atoms with Crippen LogP contribution in [0.15, 0.2) is 61.1 Å². The van der Waals surface area contributed by atoms with Crippen LogP contribution in [0.25, 0.3) is 5.52 Å². The van der Waals surface area contributed by atoms with Crippen LogP contribution in [-0.4, -0.2) is 31.6 Å². The molecule has 0 aliphatic rings. The van der Waals surface area contributed by atoms with E-state index in [9.17, 15) is 14.0 Å². The van der Waals surface area contributed by atoms with E-state index in [1.165, 1.54) is 23.0 Å². The summed E-state index contributed by atoms with van der Waals surface area (Å²) in [7, 11) is 0. The first-order valence-corrected chi connectivity index (χ1v) is 12.1. The Balaban J connectivity index is 1.45. The van der Waals surface area contributed by atoms with Gasteiger partial charge in [-0.3, -0.25) is 9.59 Å². The van der Waals surface area contributed by atoms with Crippen LogP contribution in [0.3, 0.4) is 0 Å². The van der Waals surface area contributed by atoms with Gasteiger partial charge in [0.05, 0.1) is 18.0 Å². The highest BCUT2D eigenvalue weighted by molar-refractivity contribution is 7.80. The molecule has 0 atom stereocenters. The summed E-state index contributed by atoms with van der Waals surface area (Å²) < 4.78 is 27.7. The van der Waals surface area contributed by atoms with E-state index < -0.39 is 17.2 Å². The molecule has 4 aromatic rings. The Bertz CT molecular complexity index is 1520.